The van der Waals surface area contributed by atoms with Crippen molar-refractivity contribution in [2.75, 3.05) is 26.2 Å². The molecular formula is C15H19ClN2O2. The monoisotopic (exact) mass is 294 g/mol. The van der Waals surface area contributed by atoms with E-state index in [-0.39, 0.29) is 11.8 Å². The van der Waals surface area contributed by atoms with Crippen molar-refractivity contribution in [3.05, 3.63) is 34.9 Å². The second-order valence-electron chi connectivity index (χ2n) is 5.02. The van der Waals surface area contributed by atoms with Gasteiger partial charge in [0.25, 0.3) is 0 Å². The van der Waals surface area contributed by atoms with Gasteiger partial charge in [-0.2, -0.15) is 0 Å². The molecule has 0 aromatic heterocycles. The number of halogens is 1. The van der Waals surface area contributed by atoms with E-state index >= 15 is 0 Å². The van der Waals surface area contributed by atoms with Crippen LogP contribution in [-0.2, 0) is 16.0 Å². The van der Waals surface area contributed by atoms with Gasteiger partial charge < -0.3 is 9.80 Å². The number of amides is 2. The number of nitrogens with zero attached hydrogens (tertiary/aromatic N) is 2. The second-order valence-corrected chi connectivity index (χ2v) is 5.45. The maximum Gasteiger partial charge on any atom is 0.223 e. The van der Waals surface area contributed by atoms with Gasteiger partial charge in [-0.25, -0.2) is 0 Å². The topological polar surface area (TPSA) is 40.6 Å². The lowest BCUT2D eigenvalue weighted by molar-refractivity contribution is -0.138. The van der Waals surface area contributed by atoms with Gasteiger partial charge in [0.2, 0.25) is 11.8 Å². The number of piperazine rings is 1. The number of aryl methyl sites for hydroxylation is 1. The van der Waals surface area contributed by atoms with Crippen molar-refractivity contribution in [1.82, 2.24) is 9.80 Å². The van der Waals surface area contributed by atoms with E-state index in [1.807, 2.05) is 29.2 Å². The Kier molecular flexibility index (Phi) is 5.01. The molecule has 0 spiro atoms. The van der Waals surface area contributed by atoms with Crippen LogP contribution in [0.15, 0.2) is 24.3 Å². The van der Waals surface area contributed by atoms with Crippen LogP contribution in [0.2, 0.25) is 5.02 Å². The minimum absolute atomic E-state index is 0.0797. The lowest BCUT2D eigenvalue weighted by Gasteiger charge is -2.34. The maximum absolute atomic E-state index is 12.1. The normalized spacial score (nSPS) is 15.3. The quantitative estimate of drug-likeness (QED) is 0.855. The molecule has 108 valence electrons. The third-order valence-corrected chi connectivity index (χ3v) is 3.83. The Morgan fingerprint density at radius 2 is 1.80 bits per heavy atom. The van der Waals surface area contributed by atoms with E-state index in [2.05, 4.69) is 0 Å². The van der Waals surface area contributed by atoms with Crippen molar-refractivity contribution in [2.45, 2.75) is 19.8 Å². The van der Waals surface area contributed by atoms with Crippen LogP contribution in [-0.4, -0.2) is 47.8 Å². The molecule has 1 saturated heterocycles. The third kappa shape index (κ3) is 3.97. The Morgan fingerprint density at radius 3 is 2.40 bits per heavy atom. The van der Waals surface area contributed by atoms with E-state index in [4.69, 9.17) is 11.6 Å². The maximum atomic E-state index is 12.1. The summed E-state index contributed by atoms with van der Waals surface area (Å²) in [6, 6.07) is 7.59. The summed E-state index contributed by atoms with van der Waals surface area (Å²) in [6.07, 6.45) is 1.19. The molecule has 4 nitrogen and oxygen atoms in total. The number of rotatable bonds is 3. The van der Waals surface area contributed by atoms with Crippen molar-refractivity contribution >= 4 is 23.4 Å². The predicted octanol–water partition coefficient (Wildman–Crippen LogP) is 1.96. The molecule has 1 aromatic rings. The van der Waals surface area contributed by atoms with E-state index in [0.717, 1.165) is 5.56 Å². The fraction of sp³-hybridized carbons (Fsp3) is 0.467. The molecule has 1 aliphatic heterocycles. The number of hydrogen-bond acceptors (Lipinski definition) is 2. The minimum atomic E-state index is 0.0797. The Labute approximate surface area is 124 Å². The number of hydrogen-bond donors (Lipinski definition) is 0. The molecule has 0 aliphatic carbocycles. The molecule has 1 aliphatic rings. The summed E-state index contributed by atoms with van der Waals surface area (Å²) in [4.78, 5) is 27.0. The van der Waals surface area contributed by atoms with Crippen LogP contribution in [0.3, 0.4) is 0 Å². The third-order valence-electron chi connectivity index (χ3n) is 3.59. The van der Waals surface area contributed by atoms with Crippen molar-refractivity contribution in [1.29, 1.82) is 0 Å². The summed E-state index contributed by atoms with van der Waals surface area (Å²) < 4.78 is 0. The first kappa shape index (κ1) is 14.9. The minimum Gasteiger partial charge on any atom is -0.339 e. The molecule has 1 fully saturated rings. The molecule has 0 saturated carbocycles. The van der Waals surface area contributed by atoms with Gasteiger partial charge in [-0.3, -0.25) is 9.59 Å². The molecule has 1 heterocycles. The molecular weight excluding hydrogens is 276 g/mol. The summed E-state index contributed by atoms with van der Waals surface area (Å²) in [5.74, 6) is 0.226. The summed E-state index contributed by atoms with van der Waals surface area (Å²) in [5, 5.41) is 0.699. The lowest BCUT2D eigenvalue weighted by atomic mass is 10.1. The van der Waals surface area contributed by atoms with Gasteiger partial charge in [-0.15, -0.1) is 0 Å². The predicted molar refractivity (Wildman–Crippen MR) is 78.6 cm³/mol. The van der Waals surface area contributed by atoms with Crippen molar-refractivity contribution in [3.8, 4) is 0 Å². The fourth-order valence-electron chi connectivity index (χ4n) is 2.37. The molecule has 0 atom stereocenters. The standard InChI is InChI=1S/C15H19ClN2O2/c1-12(19)17-7-9-18(10-8-17)15(20)6-5-13-3-2-4-14(16)11-13/h2-4,11H,5-10H2,1H3. The van der Waals surface area contributed by atoms with Crippen molar-refractivity contribution in [3.63, 3.8) is 0 Å². The van der Waals surface area contributed by atoms with Crippen LogP contribution in [0.4, 0.5) is 0 Å². The summed E-state index contributed by atoms with van der Waals surface area (Å²) >= 11 is 5.92. The average Bonchev–Trinajstić information content (AvgIpc) is 2.45. The van der Waals surface area contributed by atoms with E-state index in [9.17, 15) is 9.59 Å². The van der Waals surface area contributed by atoms with Crippen LogP contribution >= 0.6 is 11.6 Å². The molecule has 2 rings (SSSR count). The first-order valence-electron chi connectivity index (χ1n) is 6.84. The Hall–Kier alpha value is -1.55. The highest BCUT2D eigenvalue weighted by atomic mass is 35.5. The zero-order valence-electron chi connectivity index (χ0n) is 11.6. The summed E-state index contributed by atoms with van der Waals surface area (Å²) in [6.45, 7) is 4.11. The van der Waals surface area contributed by atoms with Gasteiger partial charge in [0.1, 0.15) is 0 Å². The van der Waals surface area contributed by atoms with Gasteiger partial charge in [-0.05, 0) is 24.1 Å². The first-order valence-corrected chi connectivity index (χ1v) is 7.22. The van der Waals surface area contributed by atoms with Gasteiger partial charge in [-0.1, -0.05) is 23.7 Å². The SMILES string of the molecule is CC(=O)N1CCN(C(=O)CCc2cccc(Cl)c2)CC1. The molecule has 20 heavy (non-hydrogen) atoms. The molecule has 0 N–H and O–H groups in total. The molecule has 0 radical (unpaired) electrons. The van der Waals surface area contributed by atoms with Crippen LogP contribution in [0.25, 0.3) is 0 Å². The Balaban J connectivity index is 1.80. The van der Waals surface area contributed by atoms with Crippen LogP contribution in [0, 0.1) is 0 Å². The Morgan fingerprint density at radius 1 is 1.15 bits per heavy atom. The van der Waals surface area contributed by atoms with Crippen LogP contribution in [0.1, 0.15) is 18.9 Å². The largest absolute Gasteiger partial charge is 0.339 e. The van der Waals surface area contributed by atoms with Gasteiger partial charge in [0.05, 0.1) is 0 Å². The van der Waals surface area contributed by atoms with Crippen LogP contribution < -0.4 is 0 Å². The molecule has 5 heteroatoms. The number of carbonyl (C=O) groups is 2. The van der Waals surface area contributed by atoms with Crippen LogP contribution in [0.5, 0.6) is 0 Å². The van der Waals surface area contributed by atoms with Crippen molar-refractivity contribution in [2.24, 2.45) is 0 Å². The summed E-state index contributed by atoms with van der Waals surface area (Å²) in [5.41, 5.74) is 1.08. The zero-order valence-corrected chi connectivity index (χ0v) is 12.4. The van der Waals surface area contributed by atoms with Gasteiger partial charge in [0.15, 0.2) is 0 Å². The zero-order chi connectivity index (χ0) is 14.5. The number of benzene rings is 1. The molecule has 2 amide bonds. The van der Waals surface area contributed by atoms with Gasteiger partial charge >= 0.3 is 0 Å². The smallest absolute Gasteiger partial charge is 0.223 e. The highest BCUT2D eigenvalue weighted by Gasteiger charge is 2.21. The lowest BCUT2D eigenvalue weighted by Crippen LogP contribution is -2.50. The van der Waals surface area contributed by atoms with Crippen molar-refractivity contribution < 1.29 is 9.59 Å². The highest BCUT2D eigenvalue weighted by Crippen LogP contribution is 2.13. The highest BCUT2D eigenvalue weighted by molar-refractivity contribution is 6.30. The molecule has 0 unspecified atom stereocenters. The van der Waals surface area contributed by atoms with E-state index in [1.165, 1.54) is 0 Å². The number of carbonyl (C=O) groups excluding carboxylic acids is 2. The molecule has 0 bridgehead atoms. The summed E-state index contributed by atoms with van der Waals surface area (Å²) in [7, 11) is 0. The van der Waals surface area contributed by atoms with E-state index < -0.39 is 0 Å². The fourth-order valence-corrected chi connectivity index (χ4v) is 2.59. The molecule has 1 aromatic carbocycles. The first-order chi connectivity index (χ1) is 9.56. The van der Waals surface area contributed by atoms with E-state index in [1.54, 1.807) is 11.8 Å². The average molecular weight is 295 g/mol. The second kappa shape index (κ2) is 6.75. The van der Waals surface area contributed by atoms with E-state index in [0.29, 0.717) is 44.0 Å². The Bertz CT molecular complexity index is 496. The van der Waals surface area contributed by atoms with Gasteiger partial charge in [0, 0.05) is 44.5 Å².